The minimum absolute atomic E-state index is 0.0218. The molecule has 0 aromatic carbocycles. The minimum atomic E-state index is -1.11. The number of nitrogens with one attached hydrogen (secondary N) is 2. The molecule has 0 unspecified atom stereocenters. The van der Waals surface area contributed by atoms with Gasteiger partial charge in [-0.15, -0.1) is 11.3 Å². The molecule has 2 fully saturated rings. The van der Waals surface area contributed by atoms with Gasteiger partial charge in [-0.25, -0.2) is 14.8 Å². The minimum Gasteiger partial charge on any atom is -0.465 e. The van der Waals surface area contributed by atoms with Crippen molar-refractivity contribution in [3.63, 3.8) is 0 Å². The number of ether oxygens (including phenoxy) is 2. The van der Waals surface area contributed by atoms with E-state index in [0.29, 0.717) is 43.3 Å². The fourth-order valence-corrected chi connectivity index (χ4v) is 6.49. The highest BCUT2D eigenvalue weighted by Crippen LogP contribution is 2.35. The van der Waals surface area contributed by atoms with Gasteiger partial charge in [0.25, 0.3) is 5.91 Å². The predicted octanol–water partition coefficient (Wildman–Crippen LogP) is 2.07. The number of fused-ring (bicyclic) bond motifs is 2. The molecule has 0 radical (unpaired) electrons. The molecule has 3 aromatic heterocycles. The van der Waals surface area contributed by atoms with Crippen LogP contribution in [-0.2, 0) is 22.3 Å². The van der Waals surface area contributed by atoms with Crippen LogP contribution >= 0.6 is 11.3 Å². The Morgan fingerprint density at radius 3 is 2.78 bits per heavy atom. The third-order valence-electron chi connectivity index (χ3n) is 7.27. The summed E-state index contributed by atoms with van der Waals surface area (Å²) in [7, 11) is 0. The van der Waals surface area contributed by atoms with Crippen molar-refractivity contribution in [2.75, 3.05) is 36.9 Å². The van der Waals surface area contributed by atoms with Crippen molar-refractivity contribution in [3.8, 4) is 0 Å². The molecule has 0 bridgehead atoms. The Morgan fingerprint density at radius 1 is 1.19 bits per heavy atom. The largest absolute Gasteiger partial charge is 0.465 e. The Hall–Kier alpha value is -3.48. The molecular weight excluding hydrogens is 496 g/mol. The van der Waals surface area contributed by atoms with E-state index >= 15 is 0 Å². The number of carboxylic acid groups (broad SMARTS) is 1. The summed E-state index contributed by atoms with van der Waals surface area (Å²) in [6.07, 6.45) is 1.05. The molecule has 2 aliphatic heterocycles. The summed E-state index contributed by atoms with van der Waals surface area (Å²) in [4.78, 5) is 37.0. The summed E-state index contributed by atoms with van der Waals surface area (Å²) in [5, 5.41) is 15.8. The summed E-state index contributed by atoms with van der Waals surface area (Å²) in [5.41, 5.74) is 9.70. The van der Waals surface area contributed by atoms with Crippen molar-refractivity contribution in [1.82, 2.24) is 20.6 Å². The maximum absolute atomic E-state index is 13.1. The van der Waals surface area contributed by atoms with Gasteiger partial charge in [0.15, 0.2) is 0 Å². The number of hydrogen-bond acceptors (Lipinski definition) is 9. The number of aromatic nitrogens is 2. The van der Waals surface area contributed by atoms with E-state index in [1.54, 1.807) is 0 Å². The average Bonchev–Trinajstić information content (AvgIpc) is 3.57. The second kappa shape index (κ2) is 9.12. The highest BCUT2D eigenvalue weighted by Gasteiger charge is 2.52. The van der Waals surface area contributed by atoms with Crippen molar-refractivity contribution in [2.45, 2.75) is 44.1 Å². The van der Waals surface area contributed by atoms with Crippen LogP contribution in [0.25, 0.3) is 10.2 Å². The number of hydrogen-bond donors (Lipinski definition) is 4. The molecule has 5 heterocycles. The Labute approximate surface area is 217 Å². The Bertz CT molecular complexity index is 1390. The van der Waals surface area contributed by atoms with E-state index in [-0.39, 0.29) is 11.9 Å². The molecule has 1 spiro atoms. The molecule has 1 aliphatic carbocycles. The lowest BCUT2D eigenvalue weighted by Crippen LogP contribution is -2.52. The number of nitrogens with zero attached hydrogens (tertiary/aromatic N) is 3. The van der Waals surface area contributed by atoms with Crippen LogP contribution < -0.4 is 21.3 Å². The zero-order valence-corrected chi connectivity index (χ0v) is 21.1. The highest BCUT2D eigenvalue weighted by atomic mass is 32.1. The van der Waals surface area contributed by atoms with Gasteiger partial charge in [0.1, 0.15) is 21.6 Å². The van der Waals surface area contributed by atoms with Crippen LogP contribution in [0.1, 0.15) is 33.0 Å². The Kier molecular flexibility index (Phi) is 5.89. The summed E-state index contributed by atoms with van der Waals surface area (Å²) in [5.74, 6) is -0.407. The molecule has 11 nitrogen and oxygen atoms in total. The van der Waals surface area contributed by atoms with Crippen LogP contribution in [0.3, 0.4) is 0 Å². The number of aryl methyl sites for hydroxylation is 2. The third-order valence-corrected chi connectivity index (χ3v) is 8.38. The van der Waals surface area contributed by atoms with Crippen LogP contribution in [-0.4, -0.2) is 71.2 Å². The molecule has 2 amide bonds. The van der Waals surface area contributed by atoms with Crippen molar-refractivity contribution in [1.29, 1.82) is 0 Å². The summed E-state index contributed by atoms with van der Waals surface area (Å²) in [6.45, 7) is 3.58. The molecule has 2 saturated heterocycles. The molecule has 0 saturated carbocycles. The molecule has 3 aromatic rings. The molecule has 5 N–H and O–H groups in total. The molecule has 2 atom stereocenters. The SMILES string of the molecule is Cc1ccc2c(N)c(C(=O)N[C@H]3CCc4nc(N5C[C@H](NC(=O)O)C6(C5)OCCO6)ccc4C3)sc2n1. The molecular formula is C25H28N6O5S. The number of rotatable bonds is 4. The van der Waals surface area contributed by atoms with Crippen molar-refractivity contribution < 1.29 is 24.2 Å². The summed E-state index contributed by atoms with van der Waals surface area (Å²) < 4.78 is 11.7. The lowest BCUT2D eigenvalue weighted by Gasteiger charge is -2.28. The number of pyridine rings is 2. The van der Waals surface area contributed by atoms with E-state index in [4.69, 9.17) is 20.2 Å². The van der Waals surface area contributed by atoms with Gasteiger partial charge in [-0.1, -0.05) is 6.07 Å². The van der Waals surface area contributed by atoms with Gasteiger partial charge in [-0.3, -0.25) is 4.79 Å². The van der Waals surface area contributed by atoms with Crippen molar-refractivity contribution in [3.05, 3.63) is 46.1 Å². The van der Waals surface area contributed by atoms with E-state index in [0.717, 1.165) is 45.8 Å². The monoisotopic (exact) mass is 524 g/mol. The number of amides is 2. The maximum atomic E-state index is 13.1. The predicted molar refractivity (Wildman–Crippen MR) is 138 cm³/mol. The smallest absolute Gasteiger partial charge is 0.405 e. The first-order valence-electron chi connectivity index (χ1n) is 12.3. The number of nitrogen functional groups attached to an aromatic ring is 1. The van der Waals surface area contributed by atoms with E-state index in [1.165, 1.54) is 11.3 Å². The fraction of sp³-hybridized carbons (Fsp3) is 0.440. The molecule has 3 aliphatic rings. The van der Waals surface area contributed by atoms with Gasteiger partial charge in [0.2, 0.25) is 5.79 Å². The maximum Gasteiger partial charge on any atom is 0.405 e. The van der Waals surface area contributed by atoms with Crippen LogP contribution in [0, 0.1) is 6.92 Å². The van der Waals surface area contributed by atoms with Gasteiger partial charge >= 0.3 is 6.09 Å². The lowest BCUT2D eigenvalue weighted by molar-refractivity contribution is -0.152. The average molecular weight is 525 g/mol. The van der Waals surface area contributed by atoms with E-state index in [1.807, 2.05) is 36.1 Å². The van der Waals surface area contributed by atoms with E-state index in [9.17, 15) is 14.7 Å². The van der Waals surface area contributed by atoms with Crippen LogP contribution in [0.5, 0.6) is 0 Å². The summed E-state index contributed by atoms with van der Waals surface area (Å²) >= 11 is 1.32. The Morgan fingerprint density at radius 2 is 2.00 bits per heavy atom. The number of nitrogens with two attached hydrogens (primary N) is 1. The summed E-state index contributed by atoms with van der Waals surface area (Å²) in [6, 6.07) is 7.25. The van der Waals surface area contributed by atoms with Crippen LogP contribution in [0.4, 0.5) is 16.3 Å². The lowest BCUT2D eigenvalue weighted by atomic mass is 9.91. The van der Waals surface area contributed by atoms with Crippen molar-refractivity contribution in [2.24, 2.45) is 0 Å². The highest BCUT2D eigenvalue weighted by molar-refractivity contribution is 7.21. The van der Waals surface area contributed by atoms with Gasteiger partial charge in [0, 0.05) is 29.4 Å². The van der Waals surface area contributed by atoms with Gasteiger partial charge in [-0.2, -0.15) is 0 Å². The number of carbonyl (C=O) groups is 2. The van der Waals surface area contributed by atoms with E-state index < -0.39 is 17.9 Å². The molecule has 194 valence electrons. The quantitative estimate of drug-likeness (QED) is 0.402. The van der Waals surface area contributed by atoms with Gasteiger partial charge in [-0.05, 0) is 49.9 Å². The molecule has 12 heteroatoms. The normalized spacial score (nSPS) is 22.4. The fourth-order valence-electron chi connectivity index (χ4n) is 5.45. The van der Waals surface area contributed by atoms with E-state index in [2.05, 4.69) is 15.6 Å². The standard InChI is InChI=1S/C25H28N6O5S/c1-13-2-5-16-20(26)21(37-23(16)27-13)22(32)28-15-4-6-17-14(10-15)3-7-19(29-17)31-11-18(30-24(33)34)25(12-31)35-8-9-36-25/h2-3,5,7,15,18,30H,4,6,8-12,26H2,1H3,(H,28,32)(H,33,34)/t15-,18-/m0/s1. The first-order valence-corrected chi connectivity index (χ1v) is 13.1. The van der Waals surface area contributed by atoms with Gasteiger partial charge < -0.3 is 35.8 Å². The molecule has 37 heavy (non-hydrogen) atoms. The topological polar surface area (TPSA) is 152 Å². The molecule has 6 rings (SSSR count). The second-order valence-corrected chi connectivity index (χ2v) is 10.7. The number of thiophene rings is 1. The van der Waals surface area contributed by atoms with Crippen molar-refractivity contribution >= 4 is 45.1 Å². The second-order valence-electron chi connectivity index (χ2n) is 9.73. The number of carbonyl (C=O) groups excluding carboxylic acids is 1. The third kappa shape index (κ3) is 4.34. The number of anilines is 2. The van der Waals surface area contributed by atoms with Gasteiger partial charge in [0.05, 0.1) is 25.4 Å². The van der Waals surface area contributed by atoms with Crippen LogP contribution in [0.2, 0.25) is 0 Å². The zero-order chi connectivity index (χ0) is 25.7. The first kappa shape index (κ1) is 23.9. The first-order chi connectivity index (χ1) is 17.8. The van der Waals surface area contributed by atoms with Crippen LogP contribution in [0.15, 0.2) is 24.3 Å². The zero-order valence-electron chi connectivity index (χ0n) is 20.3. The Balaban J connectivity index is 1.15.